The van der Waals surface area contributed by atoms with Gasteiger partial charge in [-0.15, -0.1) is 11.8 Å². The van der Waals surface area contributed by atoms with E-state index in [9.17, 15) is 9.59 Å². The number of benzene rings is 3. The van der Waals surface area contributed by atoms with Crippen molar-refractivity contribution in [1.29, 1.82) is 5.26 Å². The van der Waals surface area contributed by atoms with Gasteiger partial charge in [0.15, 0.2) is 11.5 Å². The Bertz CT molecular complexity index is 1260. The molecule has 9 heteroatoms. The van der Waals surface area contributed by atoms with Gasteiger partial charge in [0.2, 0.25) is 5.75 Å². The normalized spacial score (nSPS) is 10.7. The third-order valence-electron chi connectivity index (χ3n) is 4.94. The summed E-state index contributed by atoms with van der Waals surface area (Å²) in [4.78, 5) is 27.0. The minimum atomic E-state index is -0.523. The molecule has 0 aliphatic carbocycles. The zero-order valence-corrected chi connectivity index (χ0v) is 20.8. The summed E-state index contributed by atoms with van der Waals surface area (Å²) in [6.07, 6.45) is 1.53. The van der Waals surface area contributed by atoms with Crippen LogP contribution in [-0.4, -0.2) is 38.9 Å². The van der Waals surface area contributed by atoms with Gasteiger partial charge in [-0.3, -0.25) is 9.59 Å². The zero-order chi connectivity index (χ0) is 25.9. The molecule has 0 aliphatic rings. The maximum Gasteiger partial charge on any atom is 0.272 e. The Morgan fingerprint density at radius 1 is 0.944 bits per heavy atom. The van der Waals surface area contributed by atoms with E-state index in [1.165, 1.54) is 39.2 Å². The molecule has 0 atom stereocenters. The summed E-state index contributed by atoms with van der Waals surface area (Å²) >= 11 is 1.40. The van der Waals surface area contributed by atoms with Gasteiger partial charge < -0.3 is 24.8 Å². The first-order valence-corrected chi connectivity index (χ1v) is 11.8. The number of rotatable bonds is 10. The molecule has 3 aromatic carbocycles. The molecule has 36 heavy (non-hydrogen) atoms. The number of carbonyl (C=O) groups is 2. The number of hydrogen-bond acceptors (Lipinski definition) is 7. The van der Waals surface area contributed by atoms with Crippen LogP contribution in [0.1, 0.15) is 15.9 Å². The highest BCUT2D eigenvalue weighted by Crippen LogP contribution is 2.38. The fourth-order valence-electron chi connectivity index (χ4n) is 3.24. The Balaban J connectivity index is 1.94. The summed E-state index contributed by atoms with van der Waals surface area (Å²) in [5, 5.41) is 14.2. The molecule has 0 saturated carbocycles. The molecule has 8 nitrogen and oxygen atoms in total. The van der Waals surface area contributed by atoms with Crippen LogP contribution >= 0.6 is 11.8 Å². The summed E-state index contributed by atoms with van der Waals surface area (Å²) in [7, 11) is 4.49. The number of nitriles is 1. The van der Waals surface area contributed by atoms with Gasteiger partial charge in [0.25, 0.3) is 11.8 Å². The topological polar surface area (TPSA) is 110 Å². The Hall–Kier alpha value is -4.42. The van der Waals surface area contributed by atoms with E-state index in [2.05, 4.69) is 16.7 Å². The lowest BCUT2D eigenvalue weighted by Crippen LogP contribution is -2.30. The van der Waals surface area contributed by atoms with Crippen molar-refractivity contribution in [3.05, 3.63) is 83.6 Å². The highest BCUT2D eigenvalue weighted by Gasteiger charge is 2.17. The standard InChI is InChI=1S/C27H25N3O5S/c1-33-23-16-18(17-24(34-2)25(23)35-3)15-22(30-26(31)19-7-5-4-6-8-19)27(32)29-20-9-11-21(12-10-20)36-14-13-28/h4-12,15-17H,14H2,1-3H3,(H,29,32)(H,30,31)/b22-15-. The number of nitrogens with one attached hydrogen (secondary N) is 2. The first-order valence-electron chi connectivity index (χ1n) is 10.8. The summed E-state index contributed by atoms with van der Waals surface area (Å²) in [5.41, 5.74) is 1.50. The maximum atomic E-state index is 13.2. The van der Waals surface area contributed by atoms with Crippen molar-refractivity contribution in [3.8, 4) is 23.3 Å². The van der Waals surface area contributed by atoms with Crippen LogP contribution < -0.4 is 24.8 Å². The van der Waals surface area contributed by atoms with Crippen molar-refractivity contribution in [2.45, 2.75) is 4.90 Å². The van der Waals surface area contributed by atoms with Gasteiger partial charge >= 0.3 is 0 Å². The third-order valence-corrected chi connectivity index (χ3v) is 5.82. The van der Waals surface area contributed by atoms with Crippen LogP contribution in [0.15, 0.2) is 77.3 Å². The number of thioether (sulfide) groups is 1. The summed E-state index contributed by atoms with van der Waals surface area (Å²) in [6, 6.07) is 21.1. The number of methoxy groups -OCH3 is 3. The molecular weight excluding hydrogens is 478 g/mol. The van der Waals surface area contributed by atoms with Crippen LogP contribution in [0.4, 0.5) is 5.69 Å². The third kappa shape index (κ3) is 6.81. The lowest BCUT2D eigenvalue weighted by molar-refractivity contribution is -0.113. The number of hydrogen-bond donors (Lipinski definition) is 2. The van der Waals surface area contributed by atoms with E-state index in [4.69, 9.17) is 19.5 Å². The molecule has 2 amide bonds. The summed E-state index contributed by atoms with van der Waals surface area (Å²) < 4.78 is 16.2. The first kappa shape index (κ1) is 26.2. The maximum absolute atomic E-state index is 13.2. The predicted octanol–water partition coefficient (Wildman–Crippen LogP) is 4.74. The van der Waals surface area contributed by atoms with Gasteiger partial charge in [0.05, 0.1) is 33.2 Å². The highest BCUT2D eigenvalue weighted by atomic mass is 32.2. The number of ether oxygens (including phenoxy) is 3. The zero-order valence-electron chi connectivity index (χ0n) is 20.0. The number of anilines is 1. The SMILES string of the molecule is COc1cc(/C=C(\NC(=O)c2ccccc2)C(=O)Nc2ccc(SCC#N)cc2)cc(OC)c1OC. The largest absolute Gasteiger partial charge is 0.493 e. The molecule has 0 spiro atoms. The fourth-order valence-corrected chi connectivity index (χ4v) is 3.80. The van der Waals surface area contributed by atoms with Crippen molar-refractivity contribution in [2.24, 2.45) is 0 Å². The molecule has 0 bridgehead atoms. The van der Waals surface area contributed by atoms with Crippen LogP contribution in [0.5, 0.6) is 17.2 Å². The lowest BCUT2D eigenvalue weighted by atomic mass is 10.1. The summed E-state index contributed by atoms with van der Waals surface area (Å²) in [5.74, 6) is 0.591. The van der Waals surface area contributed by atoms with Crippen LogP contribution in [0, 0.1) is 11.3 Å². The van der Waals surface area contributed by atoms with Gasteiger partial charge in [0, 0.05) is 16.1 Å². The minimum absolute atomic E-state index is 0.0149. The fraction of sp³-hybridized carbons (Fsp3) is 0.148. The number of carbonyl (C=O) groups excluding carboxylic acids is 2. The smallest absolute Gasteiger partial charge is 0.272 e. The molecule has 0 aliphatic heterocycles. The van der Waals surface area contributed by atoms with Gasteiger partial charge in [0.1, 0.15) is 5.70 Å². The first-order chi connectivity index (χ1) is 17.5. The molecule has 0 saturated heterocycles. The lowest BCUT2D eigenvalue weighted by Gasteiger charge is -2.14. The van der Waals surface area contributed by atoms with Gasteiger partial charge in [-0.05, 0) is 60.2 Å². The minimum Gasteiger partial charge on any atom is -0.493 e. The molecule has 3 aromatic rings. The Morgan fingerprint density at radius 2 is 1.58 bits per heavy atom. The van der Waals surface area contributed by atoms with Crippen molar-refractivity contribution >= 4 is 35.3 Å². The van der Waals surface area contributed by atoms with Crippen LogP contribution in [0.3, 0.4) is 0 Å². The molecular formula is C27H25N3O5S. The molecule has 0 fully saturated rings. The van der Waals surface area contributed by atoms with Crippen LogP contribution in [0.25, 0.3) is 6.08 Å². The molecule has 0 unspecified atom stereocenters. The molecule has 0 radical (unpaired) electrons. The van der Waals surface area contributed by atoms with E-state index in [0.29, 0.717) is 39.8 Å². The van der Waals surface area contributed by atoms with E-state index < -0.39 is 11.8 Å². The Morgan fingerprint density at radius 3 is 2.14 bits per heavy atom. The molecule has 0 aromatic heterocycles. The number of amides is 2. The second kappa shape index (κ2) is 12.9. The van der Waals surface area contributed by atoms with Crippen molar-refractivity contribution < 1.29 is 23.8 Å². The average Bonchev–Trinajstić information content (AvgIpc) is 2.92. The molecule has 2 N–H and O–H groups in total. The van der Waals surface area contributed by atoms with E-state index in [1.54, 1.807) is 54.6 Å². The van der Waals surface area contributed by atoms with Crippen molar-refractivity contribution in [3.63, 3.8) is 0 Å². The molecule has 184 valence electrons. The van der Waals surface area contributed by atoms with Crippen LogP contribution in [-0.2, 0) is 4.79 Å². The predicted molar refractivity (Wildman–Crippen MR) is 139 cm³/mol. The van der Waals surface area contributed by atoms with Crippen LogP contribution in [0.2, 0.25) is 0 Å². The van der Waals surface area contributed by atoms with Gasteiger partial charge in [-0.1, -0.05) is 18.2 Å². The molecule has 3 rings (SSSR count). The number of nitrogens with zero attached hydrogens (tertiary/aromatic N) is 1. The Kier molecular flexibility index (Phi) is 9.37. The van der Waals surface area contributed by atoms with Crippen molar-refractivity contribution in [1.82, 2.24) is 5.32 Å². The second-order valence-electron chi connectivity index (χ2n) is 7.26. The van der Waals surface area contributed by atoms with Gasteiger partial charge in [-0.25, -0.2) is 0 Å². The molecule has 0 heterocycles. The van der Waals surface area contributed by atoms with E-state index in [1.807, 2.05) is 12.1 Å². The quantitative estimate of drug-likeness (QED) is 0.304. The van der Waals surface area contributed by atoms with Gasteiger partial charge in [-0.2, -0.15) is 5.26 Å². The highest BCUT2D eigenvalue weighted by molar-refractivity contribution is 7.99. The average molecular weight is 504 g/mol. The monoisotopic (exact) mass is 503 g/mol. The summed E-state index contributed by atoms with van der Waals surface area (Å²) in [6.45, 7) is 0. The van der Waals surface area contributed by atoms with E-state index >= 15 is 0 Å². The second-order valence-corrected chi connectivity index (χ2v) is 8.31. The van der Waals surface area contributed by atoms with Crippen molar-refractivity contribution in [2.75, 3.05) is 32.4 Å². The van der Waals surface area contributed by atoms with E-state index in [0.717, 1.165) is 4.90 Å². The Labute approximate surface area is 213 Å². The van der Waals surface area contributed by atoms with E-state index in [-0.39, 0.29) is 5.70 Å².